The molecule has 3 unspecified atom stereocenters. The number of unbranched alkanes of at least 4 members (excludes halogenated alkanes) is 14. The lowest BCUT2D eigenvalue weighted by Gasteiger charge is -2.24. The highest BCUT2D eigenvalue weighted by Gasteiger charge is 2.41. The van der Waals surface area contributed by atoms with Crippen molar-refractivity contribution in [1.82, 2.24) is 0 Å². The molecule has 0 aliphatic heterocycles. The predicted molar refractivity (Wildman–Crippen MR) is 137 cm³/mol. The number of hydrogen-bond donors (Lipinski definition) is 5. The Morgan fingerprint density at radius 1 is 0.750 bits per heavy atom. The van der Waals surface area contributed by atoms with Gasteiger partial charge in [0.2, 0.25) is 0 Å². The molecule has 0 aromatic rings. The van der Waals surface area contributed by atoms with Crippen molar-refractivity contribution in [2.45, 2.75) is 147 Å². The standard InChI is InChI=1S/C27H50O9/c1-2-3-4-5-6-7-8-9-10-11-12-13-14-15-16-17-23(18-22(29)21-28)36-25(32)20-27(35,26(33)34)19-24(30)31/h22-23,28-29,35H,2-21H2,1H3,(H,30,31)(H,33,34). The topological polar surface area (TPSA) is 162 Å². The third-order valence-electron chi connectivity index (χ3n) is 6.45. The van der Waals surface area contributed by atoms with Crippen LogP contribution in [0.2, 0.25) is 0 Å². The minimum absolute atomic E-state index is 0.0225. The Kier molecular flexibility index (Phi) is 20.4. The van der Waals surface area contributed by atoms with Crippen LogP contribution in [-0.4, -0.2) is 67.9 Å². The van der Waals surface area contributed by atoms with Gasteiger partial charge in [0.15, 0.2) is 5.60 Å². The van der Waals surface area contributed by atoms with Gasteiger partial charge >= 0.3 is 17.9 Å². The van der Waals surface area contributed by atoms with Gasteiger partial charge < -0.3 is 30.3 Å². The van der Waals surface area contributed by atoms with Crippen molar-refractivity contribution >= 4 is 17.9 Å². The summed E-state index contributed by atoms with van der Waals surface area (Å²) in [4.78, 5) is 34.3. The highest BCUT2D eigenvalue weighted by molar-refractivity contribution is 5.88. The van der Waals surface area contributed by atoms with E-state index in [1.807, 2.05) is 0 Å². The number of carbonyl (C=O) groups is 3. The van der Waals surface area contributed by atoms with E-state index < -0.39 is 55.2 Å². The second-order valence-electron chi connectivity index (χ2n) is 10.0. The second-order valence-corrected chi connectivity index (χ2v) is 10.0. The van der Waals surface area contributed by atoms with Crippen LogP contribution in [0, 0.1) is 0 Å². The first kappa shape index (κ1) is 34.3. The lowest BCUT2D eigenvalue weighted by atomic mass is 9.95. The average Bonchev–Trinajstić information content (AvgIpc) is 2.80. The highest BCUT2D eigenvalue weighted by atomic mass is 16.5. The van der Waals surface area contributed by atoms with Crippen LogP contribution in [0.15, 0.2) is 0 Å². The smallest absolute Gasteiger partial charge is 0.336 e. The zero-order valence-corrected chi connectivity index (χ0v) is 22.2. The van der Waals surface area contributed by atoms with Gasteiger partial charge in [-0.2, -0.15) is 0 Å². The fourth-order valence-corrected chi connectivity index (χ4v) is 4.28. The molecule has 0 rings (SSSR count). The van der Waals surface area contributed by atoms with Gasteiger partial charge in [-0.3, -0.25) is 9.59 Å². The molecule has 0 aliphatic carbocycles. The quantitative estimate of drug-likeness (QED) is 0.0860. The van der Waals surface area contributed by atoms with Crippen molar-refractivity contribution in [1.29, 1.82) is 0 Å². The van der Waals surface area contributed by atoms with Crippen LogP contribution in [0.4, 0.5) is 0 Å². The SMILES string of the molecule is CCCCCCCCCCCCCCCCCC(CC(O)CO)OC(=O)CC(O)(CC(=O)O)C(=O)O. The summed E-state index contributed by atoms with van der Waals surface area (Å²) in [6.07, 6.45) is 14.6. The second kappa shape index (κ2) is 21.4. The Bertz CT molecular complexity index is 596. The summed E-state index contributed by atoms with van der Waals surface area (Å²) in [7, 11) is 0. The third-order valence-corrected chi connectivity index (χ3v) is 6.45. The summed E-state index contributed by atoms with van der Waals surface area (Å²) in [5, 5.41) is 46.8. The summed E-state index contributed by atoms with van der Waals surface area (Å²) in [6, 6.07) is 0. The van der Waals surface area contributed by atoms with Crippen molar-refractivity contribution < 1.29 is 44.7 Å². The largest absolute Gasteiger partial charge is 0.481 e. The van der Waals surface area contributed by atoms with Gasteiger partial charge in [0.1, 0.15) is 6.10 Å². The fourth-order valence-electron chi connectivity index (χ4n) is 4.28. The molecule has 0 heterocycles. The van der Waals surface area contributed by atoms with Crippen molar-refractivity contribution in [3.63, 3.8) is 0 Å². The molecule has 0 bridgehead atoms. The van der Waals surface area contributed by atoms with Gasteiger partial charge in [-0.1, -0.05) is 96.8 Å². The van der Waals surface area contributed by atoms with E-state index in [4.69, 9.17) is 20.1 Å². The zero-order valence-electron chi connectivity index (χ0n) is 22.2. The molecule has 0 aromatic heterocycles. The molecular weight excluding hydrogens is 468 g/mol. The summed E-state index contributed by atoms with van der Waals surface area (Å²) in [6.45, 7) is 1.73. The first-order valence-corrected chi connectivity index (χ1v) is 13.8. The monoisotopic (exact) mass is 518 g/mol. The molecule has 0 amide bonds. The number of aliphatic carboxylic acids is 2. The molecular formula is C27H50O9. The Morgan fingerprint density at radius 2 is 1.19 bits per heavy atom. The molecule has 0 aliphatic rings. The van der Waals surface area contributed by atoms with Crippen LogP contribution >= 0.6 is 0 Å². The number of rotatable bonds is 25. The van der Waals surface area contributed by atoms with Gasteiger partial charge in [0.05, 0.1) is 25.6 Å². The first-order chi connectivity index (χ1) is 17.1. The maximum Gasteiger partial charge on any atom is 0.336 e. The Labute approximate surface area is 216 Å². The normalized spacial score (nSPS) is 14.7. The first-order valence-electron chi connectivity index (χ1n) is 13.8. The molecule has 212 valence electrons. The van der Waals surface area contributed by atoms with E-state index in [1.54, 1.807) is 0 Å². The number of esters is 1. The number of carbonyl (C=O) groups excluding carboxylic acids is 1. The minimum Gasteiger partial charge on any atom is -0.481 e. The van der Waals surface area contributed by atoms with Crippen LogP contribution in [0.1, 0.15) is 129 Å². The summed E-state index contributed by atoms with van der Waals surface area (Å²) in [5.74, 6) is -4.44. The number of carboxylic acids is 2. The van der Waals surface area contributed by atoms with E-state index in [0.717, 1.165) is 25.7 Å². The number of aliphatic hydroxyl groups is 3. The Hall–Kier alpha value is -1.71. The van der Waals surface area contributed by atoms with Crippen LogP contribution in [-0.2, 0) is 19.1 Å². The molecule has 9 nitrogen and oxygen atoms in total. The van der Waals surface area contributed by atoms with Gasteiger partial charge in [0.25, 0.3) is 0 Å². The van der Waals surface area contributed by atoms with Crippen molar-refractivity contribution in [2.75, 3.05) is 6.61 Å². The van der Waals surface area contributed by atoms with Crippen molar-refractivity contribution in [2.24, 2.45) is 0 Å². The Morgan fingerprint density at radius 3 is 1.58 bits per heavy atom. The van der Waals surface area contributed by atoms with Crippen molar-refractivity contribution in [3.05, 3.63) is 0 Å². The number of carboxylic acid groups (broad SMARTS) is 2. The third kappa shape index (κ3) is 18.5. The highest BCUT2D eigenvalue weighted by Crippen LogP contribution is 2.21. The molecule has 0 spiro atoms. The van der Waals surface area contributed by atoms with E-state index >= 15 is 0 Å². The molecule has 0 aromatic carbocycles. The average molecular weight is 519 g/mol. The number of aliphatic hydroxyl groups excluding tert-OH is 2. The number of ether oxygens (including phenoxy) is 1. The van der Waals surface area contributed by atoms with Crippen LogP contribution in [0.25, 0.3) is 0 Å². The molecule has 0 fully saturated rings. The summed E-state index contributed by atoms with van der Waals surface area (Å²) < 4.78 is 5.24. The Balaban J connectivity index is 4.14. The maximum atomic E-state index is 12.2. The summed E-state index contributed by atoms with van der Waals surface area (Å²) in [5.41, 5.74) is -2.77. The molecule has 9 heteroatoms. The molecule has 5 N–H and O–H groups in total. The lowest BCUT2D eigenvalue weighted by molar-refractivity contribution is -0.174. The van der Waals surface area contributed by atoms with Crippen LogP contribution in [0.5, 0.6) is 0 Å². The van der Waals surface area contributed by atoms with E-state index in [2.05, 4.69) is 6.92 Å². The van der Waals surface area contributed by atoms with E-state index in [-0.39, 0.29) is 6.42 Å². The van der Waals surface area contributed by atoms with Gasteiger partial charge in [0, 0.05) is 6.42 Å². The minimum atomic E-state index is -2.77. The predicted octanol–water partition coefficient (Wildman–Crippen LogP) is 4.58. The maximum absolute atomic E-state index is 12.2. The van der Waals surface area contributed by atoms with E-state index in [9.17, 15) is 24.6 Å². The van der Waals surface area contributed by atoms with Crippen molar-refractivity contribution in [3.8, 4) is 0 Å². The molecule has 3 atom stereocenters. The fraction of sp³-hybridized carbons (Fsp3) is 0.889. The molecule has 0 saturated carbocycles. The summed E-state index contributed by atoms with van der Waals surface area (Å²) >= 11 is 0. The molecule has 0 radical (unpaired) electrons. The number of hydrogen-bond acceptors (Lipinski definition) is 7. The van der Waals surface area contributed by atoms with Crippen LogP contribution in [0.3, 0.4) is 0 Å². The van der Waals surface area contributed by atoms with Crippen LogP contribution < -0.4 is 0 Å². The van der Waals surface area contributed by atoms with Gasteiger partial charge in [-0.15, -0.1) is 0 Å². The molecule has 36 heavy (non-hydrogen) atoms. The zero-order chi connectivity index (χ0) is 27.2. The van der Waals surface area contributed by atoms with Gasteiger partial charge in [-0.05, 0) is 12.8 Å². The lowest BCUT2D eigenvalue weighted by Crippen LogP contribution is -2.43. The molecule has 0 saturated heterocycles. The van der Waals surface area contributed by atoms with E-state index in [0.29, 0.717) is 6.42 Å². The van der Waals surface area contributed by atoms with Gasteiger partial charge in [-0.25, -0.2) is 4.79 Å². The van der Waals surface area contributed by atoms with E-state index in [1.165, 1.54) is 70.6 Å².